The molecule has 0 aliphatic carbocycles. The second-order valence-electron chi connectivity index (χ2n) is 2.24. The second-order valence-corrected chi connectivity index (χ2v) is 3.06. The number of halogens is 2. The fourth-order valence-corrected chi connectivity index (χ4v) is 1.26. The maximum atomic E-state index is 9.95. The predicted molar refractivity (Wildman–Crippen MR) is 53.8 cm³/mol. The van der Waals surface area contributed by atoms with Crippen LogP contribution in [0.1, 0.15) is 5.56 Å². The van der Waals surface area contributed by atoms with Crippen LogP contribution in [0.5, 0.6) is 0 Å². The molecule has 4 heteroatoms. The molecule has 1 aromatic carbocycles. The molecule has 0 saturated heterocycles. The Hall–Kier alpha value is -1.17. The first-order valence-electron chi connectivity index (χ1n) is 3.35. The molecule has 0 saturated carbocycles. The standard InChI is InChI=1S/C9H5Cl2NO/c10-7-4-6(2-1-3-13)5-8(11)9(7)12/h3-5H,12H2. The Morgan fingerprint density at radius 1 is 1.31 bits per heavy atom. The lowest BCUT2D eigenvalue weighted by Gasteiger charge is -2.00. The third kappa shape index (κ3) is 2.38. The summed E-state index contributed by atoms with van der Waals surface area (Å²) in [7, 11) is 0. The summed E-state index contributed by atoms with van der Waals surface area (Å²) in [6.07, 6.45) is 0.498. The molecule has 0 atom stereocenters. The molecular weight excluding hydrogens is 209 g/mol. The molecule has 0 aromatic heterocycles. The van der Waals surface area contributed by atoms with Crippen molar-refractivity contribution in [3.05, 3.63) is 27.7 Å². The van der Waals surface area contributed by atoms with Crippen molar-refractivity contribution in [2.24, 2.45) is 0 Å². The van der Waals surface area contributed by atoms with Gasteiger partial charge in [0.05, 0.1) is 15.7 Å². The van der Waals surface area contributed by atoms with Crippen molar-refractivity contribution in [3.63, 3.8) is 0 Å². The number of rotatable bonds is 0. The SMILES string of the molecule is Nc1c(Cl)cc(C#CC=O)cc1Cl. The van der Waals surface area contributed by atoms with Gasteiger partial charge in [0.2, 0.25) is 0 Å². The van der Waals surface area contributed by atoms with Crippen LogP contribution in [0.4, 0.5) is 5.69 Å². The number of hydrogen-bond donors (Lipinski definition) is 1. The molecule has 2 nitrogen and oxygen atoms in total. The summed E-state index contributed by atoms with van der Waals surface area (Å²) in [5.41, 5.74) is 6.38. The lowest BCUT2D eigenvalue weighted by atomic mass is 10.2. The normalized spacial score (nSPS) is 8.77. The Labute approximate surface area is 85.6 Å². The summed E-state index contributed by atoms with van der Waals surface area (Å²) >= 11 is 11.5. The highest BCUT2D eigenvalue weighted by atomic mass is 35.5. The van der Waals surface area contributed by atoms with E-state index in [1.807, 2.05) is 0 Å². The first-order chi connectivity index (χ1) is 6.15. The zero-order valence-electron chi connectivity index (χ0n) is 6.47. The molecule has 0 fully saturated rings. The van der Waals surface area contributed by atoms with E-state index in [2.05, 4.69) is 11.8 Å². The van der Waals surface area contributed by atoms with Crippen molar-refractivity contribution in [3.8, 4) is 11.8 Å². The molecule has 2 N–H and O–H groups in total. The summed E-state index contributed by atoms with van der Waals surface area (Å²) in [4.78, 5) is 9.95. The zero-order chi connectivity index (χ0) is 9.84. The van der Waals surface area contributed by atoms with Gasteiger partial charge in [0, 0.05) is 5.56 Å². The largest absolute Gasteiger partial charge is 0.396 e. The smallest absolute Gasteiger partial charge is 0.193 e. The van der Waals surface area contributed by atoms with E-state index in [9.17, 15) is 4.79 Å². The highest BCUT2D eigenvalue weighted by Gasteiger charge is 2.02. The predicted octanol–water partition coefficient (Wildman–Crippen LogP) is 2.13. The van der Waals surface area contributed by atoms with Crippen LogP contribution >= 0.6 is 23.2 Å². The van der Waals surface area contributed by atoms with Gasteiger partial charge in [-0.15, -0.1) is 0 Å². The molecule has 0 heterocycles. The second kappa shape index (κ2) is 4.18. The van der Waals surface area contributed by atoms with E-state index >= 15 is 0 Å². The molecule has 1 rings (SSSR count). The van der Waals surface area contributed by atoms with Gasteiger partial charge in [0.1, 0.15) is 0 Å². The zero-order valence-corrected chi connectivity index (χ0v) is 7.99. The van der Waals surface area contributed by atoms with Gasteiger partial charge in [-0.05, 0) is 18.1 Å². The summed E-state index contributed by atoms with van der Waals surface area (Å²) in [5, 5.41) is 0.672. The highest BCUT2D eigenvalue weighted by Crippen LogP contribution is 2.28. The molecule has 66 valence electrons. The molecule has 0 radical (unpaired) electrons. The molecule has 0 aliphatic rings. The minimum Gasteiger partial charge on any atom is -0.396 e. The highest BCUT2D eigenvalue weighted by molar-refractivity contribution is 6.39. The quantitative estimate of drug-likeness (QED) is 0.408. The van der Waals surface area contributed by atoms with Gasteiger partial charge in [-0.25, -0.2) is 0 Å². The van der Waals surface area contributed by atoms with Crippen LogP contribution in [-0.2, 0) is 4.79 Å². The molecule has 1 aromatic rings. The lowest BCUT2D eigenvalue weighted by Crippen LogP contribution is -1.88. The maximum Gasteiger partial charge on any atom is 0.193 e. The van der Waals surface area contributed by atoms with Crippen LogP contribution in [0, 0.1) is 11.8 Å². The maximum absolute atomic E-state index is 9.95. The minimum absolute atomic E-state index is 0.319. The molecule has 0 bridgehead atoms. The van der Waals surface area contributed by atoms with Crippen LogP contribution < -0.4 is 5.73 Å². The number of benzene rings is 1. The molecule has 0 amide bonds. The first kappa shape index (κ1) is 9.91. The van der Waals surface area contributed by atoms with E-state index in [1.165, 1.54) is 0 Å². The Morgan fingerprint density at radius 2 is 1.85 bits per heavy atom. The topological polar surface area (TPSA) is 43.1 Å². The van der Waals surface area contributed by atoms with Crippen molar-refractivity contribution in [2.75, 3.05) is 5.73 Å². The van der Waals surface area contributed by atoms with Gasteiger partial charge in [-0.3, -0.25) is 4.79 Å². The van der Waals surface area contributed by atoms with Crippen LogP contribution in [-0.4, -0.2) is 6.29 Å². The average Bonchev–Trinajstić information content (AvgIpc) is 2.10. The van der Waals surface area contributed by atoms with Gasteiger partial charge < -0.3 is 5.73 Å². The first-order valence-corrected chi connectivity index (χ1v) is 4.10. The summed E-state index contributed by atoms with van der Waals surface area (Å²) in [6.45, 7) is 0. The number of nitrogens with two attached hydrogens (primary N) is 1. The Morgan fingerprint density at radius 3 is 2.31 bits per heavy atom. The molecule has 0 aliphatic heterocycles. The van der Waals surface area contributed by atoms with Gasteiger partial charge in [-0.2, -0.15) is 0 Å². The van der Waals surface area contributed by atoms with Crippen LogP contribution in [0.2, 0.25) is 10.0 Å². The minimum atomic E-state index is 0.319. The van der Waals surface area contributed by atoms with Gasteiger partial charge in [-0.1, -0.05) is 29.1 Å². The van der Waals surface area contributed by atoms with E-state index in [0.29, 0.717) is 27.6 Å². The van der Waals surface area contributed by atoms with Crippen LogP contribution in [0.25, 0.3) is 0 Å². The fourth-order valence-electron chi connectivity index (χ4n) is 0.769. The third-order valence-electron chi connectivity index (χ3n) is 1.35. The summed E-state index contributed by atoms with van der Waals surface area (Å²) in [5.74, 6) is 4.81. The van der Waals surface area contributed by atoms with E-state index < -0.39 is 0 Å². The molecule has 0 spiro atoms. The summed E-state index contributed by atoms with van der Waals surface area (Å²) in [6, 6.07) is 3.11. The average molecular weight is 214 g/mol. The third-order valence-corrected chi connectivity index (χ3v) is 1.98. The van der Waals surface area contributed by atoms with E-state index in [1.54, 1.807) is 12.1 Å². The molecule has 13 heavy (non-hydrogen) atoms. The fraction of sp³-hybridized carbons (Fsp3) is 0. The Bertz CT molecular complexity index is 381. The Kier molecular flexibility index (Phi) is 3.18. The summed E-state index contributed by atoms with van der Waals surface area (Å²) < 4.78 is 0. The van der Waals surface area contributed by atoms with E-state index in [4.69, 9.17) is 28.9 Å². The Balaban J connectivity index is 3.20. The number of hydrogen-bond acceptors (Lipinski definition) is 2. The lowest BCUT2D eigenvalue weighted by molar-refractivity contribution is -0.103. The number of carbonyl (C=O) groups is 1. The van der Waals surface area contributed by atoms with Crippen molar-refractivity contribution >= 4 is 35.2 Å². The molecule has 0 unspecified atom stereocenters. The number of carbonyl (C=O) groups excluding carboxylic acids is 1. The van der Waals surface area contributed by atoms with Crippen molar-refractivity contribution in [1.29, 1.82) is 0 Å². The molecular formula is C9H5Cl2NO. The van der Waals surface area contributed by atoms with E-state index in [0.717, 1.165) is 0 Å². The van der Waals surface area contributed by atoms with Gasteiger partial charge >= 0.3 is 0 Å². The van der Waals surface area contributed by atoms with Crippen LogP contribution in [0.15, 0.2) is 12.1 Å². The van der Waals surface area contributed by atoms with Crippen molar-refractivity contribution < 1.29 is 4.79 Å². The van der Waals surface area contributed by atoms with Crippen LogP contribution in [0.3, 0.4) is 0 Å². The number of anilines is 1. The van der Waals surface area contributed by atoms with E-state index in [-0.39, 0.29) is 0 Å². The number of nitrogen functional groups attached to an aromatic ring is 1. The monoisotopic (exact) mass is 213 g/mol. The van der Waals surface area contributed by atoms with Crippen molar-refractivity contribution in [1.82, 2.24) is 0 Å². The van der Waals surface area contributed by atoms with Gasteiger partial charge in [0.15, 0.2) is 6.29 Å². The van der Waals surface area contributed by atoms with Gasteiger partial charge in [0.25, 0.3) is 0 Å². The van der Waals surface area contributed by atoms with Crippen molar-refractivity contribution in [2.45, 2.75) is 0 Å². The number of aldehydes is 1.